The van der Waals surface area contributed by atoms with Crippen molar-refractivity contribution < 1.29 is 45.1 Å². The number of nitrogens with one attached hydrogen (secondary N) is 2. The van der Waals surface area contributed by atoms with Crippen LogP contribution in [0.5, 0.6) is 0 Å². The molecule has 59 heavy (non-hydrogen) atoms. The van der Waals surface area contributed by atoms with Crippen LogP contribution < -0.4 is 33.2 Å². The molecule has 0 aliphatic heterocycles. The Morgan fingerprint density at radius 3 is 1.46 bits per heavy atom. The van der Waals surface area contributed by atoms with Gasteiger partial charge in [-0.3, -0.25) is 35.6 Å². The zero-order valence-electron chi connectivity index (χ0n) is 37.8. The Hall–Kier alpha value is -3.45. The van der Waals surface area contributed by atoms with E-state index in [1.165, 1.54) is 51.4 Å². The van der Waals surface area contributed by atoms with Crippen LogP contribution >= 0.6 is 0 Å². The fraction of sp³-hybridized carbons (Fsp3) is 0.804. The van der Waals surface area contributed by atoms with Gasteiger partial charge in [-0.15, -0.1) is 0 Å². The van der Waals surface area contributed by atoms with E-state index in [-0.39, 0.29) is 41.8 Å². The molecule has 0 aliphatic rings. The molecule has 0 fully saturated rings. The number of allylic oxidation sites excluding steroid dienone is 4. The molecular formula is C46H90N7O6+3. The van der Waals surface area contributed by atoms with E-state index in [9.17, 15) is 19.2 Å². The second kappa shape index (κ2) is 41.3. The van der Waals surface area contributed by atoms with Gasteiger partial charge in [0.15, 0.2) is 12.1 Å². The van der Waals surface area contributed by atoms with Gasteiger partial charge in [0.25, 0.3) is 11.8 Å². The number of hydrogen-bond acceptors (Lipinski definition) is 6. The predicted molar refractivity (Wildman–Crippen MR) is 238 cm³/mol. The maximum absolute atomic E-state index is 13.6. The smallest absolute Gasteiger partial charge is 0.338 e. The molecule has 342 valence electrons. The number of carbonyl (C=O) groups is 4. The Balaban J connectivity index is 4.49. The van der Waals surface area contributed by atoms with E-state index in [1.807, 2.05) is 13.8 Å². The molecule has 0 aromatic carbocycles. The van der Waals surface area contributed by atoms with E-state index < -0.39 is 0 Å². The normalized spacial score (nSPS) is 12.4. The largest absolute Gasteiger partial charge is 0.466 e. The minimum absolute atomic E-state index is 0.0524. The Morgan fingerprint density at radius 2 is 1.00 bits per heavy atom. The zero-order valence-corrected chi connectivity index (χ0v) is 37.8. The molecule has 0 heterocycles. The lowest BCUT2D eigenvalue weighted by Gasteiger charge is -2.24. The summed E-state index contributed by atoms with van der Waals surface area (Å²) in [6.45, 7) is 7.37. The van der Waals surface area contributed by atoms with Crippen LogP contribution in [0.2, 0.25) is 0 Å². The predicted octanol–water partition coefficient (Wildman–Crippen LogP) is 4.28. The van der Waals surface area contributed by atoms with Gasteiger partial charge in [-0.2, -0.15) is 0 Å². The quantitative estimate of drug-likeness (QED) is 0.0171. The summed E-state index contributed by atoms with van der Waals surface area (Å²) in [5.74, 6) is 0.103. The van der Waals surface area contributed by atoms with E-state index in [0.29, 0.717) is 52.0 Å². The van der Waals surface area contributed by atoms with Gasteiger partial charge in [0, 0.05) is 45.3 Å². The van der Waals surface area contributed by atoms with Crippen molar-refractivity contribution in [2.24, 2.45) is 11.5 Å². The van der Waals surface area contributed by atoms with Crippen molar-refractivity contribution >= 4 is 29.7 Å². The molecule has 13 heteroatoms. The zero-order chi connectivity index (χ0) is 43.6. The molecule has 12 N–H and O–H groups in total. The van der Waals surface area contributed by atoms with Gasteiger partial charge in [-0.1, -0.05) is 75.7 Å². The number of rotatable bonds is 41. The molecule has 0 radical (unpaired) electrons. The average molecular weight is 837 g/mol. The SMILES string of the molecule is CCOC(=O)CCCC/C=C\CCCCCCCCN(CCCCCCCC/C=C\CCCCC(=O)OCC)C(=O)C([NH3+])CCCCNC(=O)C([NH3+])CCC[NH+]=C(N)N. The maximum atomic E-state index is 13.6. The van der Waals surface area contributed by atoms with Crippen LogP contribution in [0.4, 0.5) is 0 Å². The molecule has 0 aliphatic carbocycles. The number of esters is 2. The molecule has 2 atom stereocenters. The maximum Gasteiger partial charge on any atom is 0.338 e. The second-order valence-electron chi connectivity index (χ2n) is 15.9. The summed E-state index contributed by atoms with van der Waals surface area (Å²) in [7, 11) is 0. The van der Waals surface area contributed by atoms with Gasteiger partial charge in [0.1, 0.15) is 0 Å². The first-order valence-corrected chi connectivity index (χ1v) is 23.6. The topological polar surface area (TPSA) is 223 Å². The van der Waals surface area contributed by atoms with Crippen LogP contribution in [0.25, 0.3) is 0 Å². The monoisotopic (exact) mass is 837 g/mol. The van der Waals surface area contributed by atoms with E-state index in [2.05, 4.69) is 51.0 Å². The van der Waals surface area contributed by atoms with Crippen molar-refractivity contribution in [2.45, 2.75) is 199 Å². The molecule has 0 rings (SSSR count). The van der Waals surface area contributed by atoms with Gasteiger partial charge < -0.3 is 31.2 Å². The lowest BCUT2D eigenvalue weighted by molar-refractivity contribution is -0.463. The number of quaternary nitrogens is 2. The third-order valence-electron chi connectivity index (χ3n) is 10.4. The fourth-order valence-electron chi connectivity index (χ4n) is 6.84. The lowest BCUT2D eigenvalue weighted by atomic mass is 10.1. The Kier molecular flexibility index (Phi) is 38.9. The minimum Gasteiger partial charge on any atom is -0.466 e. The highest BCUT2D eigenvalue weighted by molar-refractivity contribution is 5.80. The Labute approximate surface area is 358 Å². The number of nitrogens with zero attached hydrogens (tertiary/aromatic N) is 1. The summed E-state index contributed by atoms with van der Waals surface area (Å²) in [5.41, 5.74) is 19.1. The standard InChI is InChI=1S/C46H87N7O6/c1-3-58-42(54)34-25-21-17-13-9-5-7-11-15-19-23-29-38-53(39-30-24-20-16-12-8-6-10-14-18-22-26-35-43(55)59-4-2)45(57)41(48)32-27-28-36-51-44(56)40(47)33-31-37-52-46(49)50/h9-10,13-14,40-41H,3-8,11-12,15-39,47-48H2,1-2H3,(H,51,56)(H4,49,50,52)/p+3/b13-9-,14-10-. The Morgan fingerprint density at radius 1 is 0.576 bits per heavy atom. The number of amides is 2. The van der Waals surface area contributed by atoms with E-state index in [0.717, 1.165) is 109 Å². The first-order valence-electron chi connectivity index (χ1n) is 23.6. The molecule has 2 amide bonds. The highest BCUT2D eigenvalue weighted by Gasteiger charge is 2.23. The molecule has 0 saturated carbocycles. The van der Waals surface area contributed by atoms with Crippen molar-refractivity contribution in [1.29, 1.82) is 0 Å². The van der Waals surface area contributed by atoms with E-state index >= 15 is 0 Å². The molecule has 0 aromatic rings. The third-order valence-corrected chi connectivity index (χ3v) is 10.4. The molecule has 0 saturated heterocycles. The second-order valence-corrected chi connectivity index (χ2v) is 15.9. The Bertz CT molecular complexity index is 1090. The molecule has 0 bridgehead atoms. The summed E-state index contributed by atoms with van der Waals surface area (Å²) < 4.78 is 9.95. The number of hydrogen-bond donors (Lipinski definition) is 6. The van der Waals surface area contributed by atoms with Crippen molar-refractivity contribution in [3.05, 3.63) is 24.3 Å². The minimum atomic E-state index is -0.324. The highest BCUT2D eigenvalue weighted by Crippen LogP contribution is 2.13. The van der Waals surface area contributed by atoms with Gasteiger partial charge >= 0.3 is 17.9 Å². The summed E-state index contributed by atoms with van der Waals surface area (Å²) in [6, 6.07) is -0.600. The van der Waals surface area contributed by atoms with Crippen LogP contribution in [-0.2, 0) is 28.7 Å². The van der Waals surface area contributed by atoms with Crippen LogP contribution in [0.3, 0.4) is 0 Å². The van der Waals surface area contributed by atoms with Gasteiger partial charge in [0.05, 0.1) is 19.8 Å². The van der Waals surface area contributed by atoms with Gasteiger partial charge in [0.2, 0.25) is 0 Å². The summed E-state index contributed by atoms with van der Waals surface area (Å²) in [6.07, 6.45) is 35.9. The molecule has 2 unspecified atom stereocenters. The van der Waals surface area contributed by atoms with Gasteiger partial charge in [-0.05, 0) is 110 Å². The molecule has 13 nitrogen and oxygen atoms in total. The van der Waals surface area contributed by atoms with Crippen LogP contribution in [0, 0.1) is 0 Å². The van der Waals surface area contributed by atoms with Crippen LogP contribution in [0.15, 0.2) is 24.3 Å². The average Bonchev–Trinajstić information content (AvgIpc) is 3.21. The molecular weight excluding hydrogens is 747 g/mol. The fourth-order valence-corrected chi connectivity index (χ4v) is 6.84. The summed E-state index contributed by atoms with van der Waals surface area (Å²) in [5, 5.41) is 2.98. The number of ether oxygens (including phenoxy) is 2. The number of unbranched alkanes of at least 4 members (excludes halogenated alkanes) is 17. The van der Waals surface area contributed by atoms with E-state index in [4.69, 9.17) is 20.9 Å². The molecule has 0 spiro atoms. The summed E-state index contributed by atoms with van der Waals surface area (Å²) >= 11 is 0. The number of guanidine groups is 1. The lowest BCUT2D eigenvalue weighted by Crippen LogP contribution is -2.78. The third kappa shape index (κ3) is 37.3. The molecule has 0 aromatic heterocycles. The first kappa shape index (κ1) is 55.5. The van der Waals surface area contributed by atoms with Crippen molar-refractivity contribution in [1.82, 2.24) is 10.2 Å². The summed E-state index contributed by atoms with van der Waals surface area (Å²) in [4.78, 5) is 53.8. The number of nitrogens with two attached hydrogens (primary N) is 2. The van der Waals surface area contributed by atoms with E-state index in [1.54, 1.807) is 0 Å². The van der Waals surface area contributed by atoms with Crippen molar-refractivity contribution in [2.75, 3.05) is 39.4 Å². The van der Waals surface area contributed by atoms with Crippen molar-refractivity contribution in [3.63, 3.8) is 0 Å². The van der Waals surface area contributed by atoms with Gasteiger partial charge in [-0.25, -0.2) is 0 Å². The van der Waals surface area contributed by atoms with Crippen LogP contribution in [0.1, 0.15) is 187 Å². The first-order chi connectivity index (χ1) is 28.6. The van der Waals surface area contributed by atoms with Crippen molar-refractivity contribution in [3.8, 4) is 0 Å². The highest BCUT2D eigenvalue weighted by atomic mass is 16.5. The number of carbonyl (C=O) groups excluding carboxylic acids is 4. The van der Waals surface area contributed by atoms with Crippen LogP contribution in [-0.4, -0.2) is 86.1 Å².